The highest BCUT2D eigenvalue weighted by Gasteiger charge is 2.08. The molecule has 0 saturated carbocycles. The monoisotopic (exact) mass is 125 g/mol. The Balaban J connectivity index is 2.31. The summed E-state index contributed by atoms with van der Waals surface area (Å²) in [6.07, 6.45) is 1.45. The number of rotatable bonds is 1. The van der Waals surface area contributed by atoms with Crippen LogP contribution in [0.4, 0.5) is 0 Å². The molecular weight excluding hydrogens is 116 g/mol. The molecule has 1 atom stereocenters. The molecule has 0 bridgehead atoms. The lowest BCUT2D eigenvalue weighted by Crippen LogP contribution is -2.42. The topological polar surface area (TPSA) is 43.2 Å². The van der Waals surface area contributed by atoms with Crippen molar-refractivity contribution >= 4 is 5.94 Å². The van der Waals surface area contributed by atoms with Gasteiger partial charge in [0, 0.05) is 25.7 Å². The number of piperazine rings is 1. The second-order valence-corrected chi connectivity index (χ2v) is 1.96. The molecular formula is C6H9N2O. The summed E-state index contributed by atoms with van der Waals surface area (Å²) < 4.78 is 0. The van der Waals surface area contributed by atoms with Gasteiger partial charge in [0.1, 0.15) is 5.94 Å². The van der Waals surface area contributed by atoms with Gasteiger partial charge >= 0.3 is 0 Å². The minimum atomic E-state index is 0.0660. The molecule has 3 nitrogen and oxygen atoms in total. The van der Waals surface area contributed by atoms with Gasteiger partial charge in [0.05, 0.1) is 6.04 Å². The maximum Gasteiger partial charge on any atom is 0.121 e. The largest absolute Gasteiger partial charge is 0.313 e. The molecule has 0 aliphatic carbocycles. The number of hydrogen-bond acceptors (Lipinski definition) is 2. The van der Waals surface area contributed by atoms with E-state index >= 15 is 0 Å². The lowest BCUT2D eigenvalue weighted by atomic mass is 10.2. The zero-order valence-electron chi connectivity index (χ0n) is 5.13. The standard InChI is InChI=1S/C6H9N2O/c9-4-1-6-5-7-2-3-8-6/h1,6-7H,2-3,5H2. The van der Waals surface area contributed by atoms with Crippen LogP contribution in [0.3, 0.4) is 0 Å². The van der Waals surface area contributed by atoms with Gasteiger partial charge in [-0.2, -0.15) is 0 Å². The van der Waals surface area contributed by atoms with E-state index in [0.29, 0.717) is 0 Å². The molecule has 3 heteroatoms. The van der Waals surface area contributed by atoms with Crippen molar-refractivity contribution in [2.45, 2.75) is 6.04 Å². The SMILES string of the molecule is O=C=CC1CNCC[N]1. The fraction of sp³-hybridized carbons (Fsp3) is 0.667. The second-order valence-electron chi connectivity index (χ2n) is 1.96. The van der Waals surface area contributed by atoms with E-state index < -0.39 is 0 Å². The summed E-state index contributed by atoms with van der Waals surface area (Å²) in [6, 6.07) is 0.0660. The predicted molar refractivity (Wildman–Crippen MR) is 33.9 cm³/mol. The van der Waals surface area contributed by atoms with E-state index in [-0.39, 0.29) is 6.04 Å². The summed E-state index contributed by atoms with van der Waals surface area (Å²) in [5, 5.41) is 7.25. The van der Waals surface area contributed by atoms with Crippen LogP contribution < -0.4 is 10.6 Å². The van der Waals surface area contributed by atoms with Crippen LogP contribution in [0, 0.1) is 0 Å². The smallest absolute Gasteiger partial charge is 0.121 e. The molecule has 0 aromatic heterocycles. The molecule has 0 spiro atoms. The molecule has 49 valence electrons. The Morgan fingerprint density at radius 3 is 3.22 bits per heavy atom. The summed E-state index contributed by atoms with van der Waals surface area (Å²) in [6.45, 7) is 2.53. The normalized spacial score (nSPS) is 26.9. The van der Waals surface area contributed by atoms with Crippen molar-refractivity contribution in [3.8, 4) is 0 Å². The highest BCUT2D eigenvalue weighted by molar-refractivity contribution is 5.46. The van der Waals surface area contributed by atoms with Crippen molar-refractivity contribution in [1.29, 1.82) is 0 Å². The molecule has 1 saturated heterocycles. The first-order valence-electron chi connectivity index (χ1n) is 3.02. The first-order valence-corrected chi connectivity index (χ1v) is 3.02. The third-order valence-corrected chi connectivity index (χ3v) is 1.27. The number of nitrogens with one attached hydrogen (secondary N) is 1. The van der Waals surface area contributed by atoms with Gasteiger partial charge in [-0.1, -0.05) is 0 Å². The predicted octanol–water partition coefficient (Wildman–Crippen LogP) is -1.05. The molecule has 1 aliphatic rings. The highest BCUT2D eigenvalue weighted by atomic mass is 16.1. The third-order valence-electron chi connectivity index (χ3n) is 1.27. The average molecular weight is 125 g/mol. The lowest BCUT2D eigenvalue weighted by Gasteiger charge is -2.17. The molecule has 1 heterocycles. The Morgan fingerprint density at radius 2 is 2.67 bits per heavy atom. The van der Waals surface area contributed by atoms with Gasteiger partial charge in [-0.15, -0.1) is 0 Å². The minimum Gasteiger partial charge on any atom is -0.313 e. The van der Waals surface area contributed by atoms with Crippen LogP contribution in [0.5, 0.6) is 0 Å². The van der Waals surface area contributed by atoms with Crippen LogP contribution in [0.2, 0.25) is 0 Å². The Morgan fingerprint density at radius 1 is 1.78 bits per heavy atom. The average Bonchev–Trinajstić information content (AvgIpc) is 1.91. The van der Waals surface area contributed by atoms with Crippen molar-refractivity contribution in [1.82, 2.24) is 10.6 Å². The maximum atomic E-state index is 9.80. The van der Waals surface area contributed by atoms with Gasteiger partial charge < -0.3 is 5.32 Å². The van der Waals surface area contributed by atoms with Crippen LogP contribution in [0.25, 0.3) is 0 Å². The molecule has 1 fully saturated rings. The van der Waals surface area contributed by atoms with E-state index in [0.717, 1.165) is 19.6 Å². The van der Waals surface area contributed by atoms with Gasteiger partial charge in [-0.3, -0.25) is 0 Å². The first kappa shape index (κ1) is 6.49. The van der Waals surface area contributed by atoms with E-state index in [2.05, 4.69) is 10.6 Å². The fourth-order valence-corrected chi connectivity index (χ4v) is 0.814. The summed E-state index contributed by atoms with van der Waals surface area (Å²) in [5.41, 5.74) is 0. The van der Waals surface area contributed by atoms with Gasteiger partial charge in [0.15, 0.2) is 0 Å². The molecule has 0 amide bonds. The Bertz CT molecular complexity index is 123. The van der Waals surface area contributed by atoms with Gasteiger partial charge in [-0.05, 0) is 0 Å². The quantitative estimate of drug-likeness (QED) is 0.454. The third kappa shape index (κ3) is 1.98. The summed E-state index contributed by atoms with van der Waals surface area (Å²) in [5.74, 6) is 1.73. The zero-order chi connectivity index (χ0) is 6.53. The minimum absolute atomic E-state index is 0.0660. The van der Waals surface area contributed by atoms with Crippen molar-refractivity contribution in [3.63, 3.8) is 0 Å². The van der Waals surface area contributed by atoms with E-state index in [4.69, 9.17) is 0 Å². The van der Waals surface area contributed by atoms with Crippen molar-refractivity contribution in [3.05, 3.63) is 6.08 Å². The molecule has 9 heavy (non-hydrogen) atoms. The maximum absolute atomic E-state index is 9.80. The lowest BCUT2D eigenvalue weighted by molar-refractivity contribution is 0.462. The molecule has 1 rings (SSSR count). The van der Waals surface area contributed by atoms with Crippen LogP contribution in [-0.2, 0) is 4.79 Å². The van der Waals surface area contributed by atoms with E-state index in [9.17, 15) is 4.79 Å². The van der Waals surface area contributed by atoms with Crippen LogP contribution in [0.15, 0.2) is 6.08 Å². The molecule has 1 radical (unpaired) electrons. The van der Waals surface area contributed by atoms with Crippen molar-refractivity contribution in [2.75, 3.05) is 19.6 Å². The highest BCUT2D eigenvalue weighted by Crippen LogP contribution is 1.87. The fourth-order valence-electron chi connectivity index (χ4n) is 0.814. The van der Waals surface area contributed by atoms with Gasteiger partial charge in [0.25, 0.3) is 0 Å². The van der Waals surface area contributed by atoms with E-state index in [1.807, 2.05) is 0 Å². The molecule has 0 aromatic rings. The first-order chi connectivity index (χ1) is 4.43. The van der Waals surface area contributed by atoms with Crippen molar-refractivity contribution < 1.29 is 4.79 Å². The van der Waals surface area contributed by atoms with Crippen molar-refractivity contribution in [2.24, 2.45) is 0 Å². The Labute approximate surface area is 54.1 Å². The van der Waals surface area contributed by atoms with Crippen LogP contribution >= 0.6 is 0 Å². The van der Waals surface area contributed by atoms with Crippen LogP contribution in [-0.4, -0.2) is 31.6 Å². The number of carbonyl (C=O) groups excluding carboxylic acids is 1. The summed E-state index contributed by atoms with van der Waals surface area (Å²) in [4.78, 5) is 9.80. The van der Waals surface area contributed by atoms with E-state index in [1.54, 1.807) is 5.94 Å². The molecule has 1 aliphatic heterocycles. The number of nitrogens with zero attached hydrogens (tertiary/aromatic N) is 1. The summed E-state index contributed by atoms with van der Waals surface area (Å²) >= 11 is 0. The second kappa shape index (κ2) is 3.41. The Hall–Kier alpha value is -0.630. The van der Waals surface area contributed by atoms with Gasteiger partial charge in [-0.25, -0.2) is 10.1 Å². The van der Waals surface area contributed by atoms with Gasteiger partial charge in [0.2, 0.25) is 0 Å². The van der Waals surface area contributed by atoms with Crippen LogP contribution in [0.1, 0.15) is 0 Å². The summed E-state index contributed by atoms with van der Waals surface area (Å²) in [7, 11) is 0. The molecule has 1 N–H and O–H groups in total. The molecule has 0 aromatic carbocycles. The Kier molecular flexibility index (Phi) is 2.46. The molecule has 1 unspecified atom stereocenters. The van der Waals surface area contributed by atoms with E-state index in [1.165, 1.54) is 6.08 Å². The number of hydrogen-bond donors (Lipinski definition) is 1. The zero-order valence-corrected chi connectivity index (χ0v) is 5.13.